The maximum atomic E-state index is 2.46. The van der Waals surface area contributed by atoms with E-state index >= 15 is 0 Å². The number of aromatic nitrogens is 2. The summed E-state index contributed by atoms with van der Waals surface area (Å²) >= 11 is 0. The minimum atomic E-state index is 1.12. The van der Waals surface area contributed by atoms with E-state index in [9.17, 15) is 0 Å². The van der Waals surface area contributed by atoms with E-state index in [1.54, 1.807) is 0 Å². The maximum Gasteiger partial charge on any atom is 0.0584 e. The Bertz CT molecular complexity index is 1260. The molecule has 2 heterocycles. The molecule has 0 unspecified atom stereocenters. The molecule has 0 fully saturated rings. The Morgan fingerprint density at radius 3 is 2.56 bits per heavy atom. The standard InChI is InChI=1S/C25H22N2/c1-26-21-13-7-5-11-18(21)19-15-16-23-24(25(19)26)20-12-6-8-14-22(20)27(23)17-9-3-2-4-10-17/h2-5,8-11,14-16H,6-7,12-13H2,1H3. The van der Waals surface area contributed by atoms with E-state index < -0.39 is 0 Å². The van der Waals surface area contributed by atoms with Crippen molar-refractivity contribution >= 4 is 34.0 Å². The van der Waals surface area contributed by atoms with Gasteiger partial charge in [-0.3, -0.25) is 0 Å². The average molecular weight is 350 g/mol. The van der Waals surface area contributed by atoms with Gasteiger partial charge >= 0.3 is 0 Å². The predicted octanol–water partition coefficient (Wildman–Crippen LogP) is 6.04. The number of aryl methyl sites for hydroxylation is 2. The molecule has 0 saturated heterocycles. The van der Waals surface area contributed by atoms with Gasteiger partial charge in [0.15, 0.2) is 0 Å². The Hall–Kier alpha value is -3.00. The lowest BCUT2D eigenvalue weighted by atomic mass is 9.98. The van der Waals surface area contributed by atoms with Crippen LogP contribution in [0.1, 0.15) is 35.4 Å². The second-order valence-corrected chi connectivity index (χ2v) is 7.69. The highest BCUT2D eigenvalue weighted by Crippen LogP contribution is 2.41. The van der Waals surface area contributed by atoms with E-state index in [-0.39, 0.29) is 0 Å². The summed E-state index contributed by atoms with van der Waals surface area (Å²) in [6.45, 7) is 0. The van der Waals surface area contributed by atoms with Gasteiger partial charge in [0.05, 0.1) is 11.0 Å². The van der Waals surface area contributed by atoms with E-state index in [1.165, 1.54) is 50.0 Å². The summed E-state index contributed by atoms with van der Waals surface area (Å²) < 4.78 is 4.91. The second kappa shape index (κ2) is 5.50. The van der Waals surface area contributed by atoms with Gasteiger partial charge in [0.1, 0.15) is 0 Å². The summed E-state index contributed by atoms with van der Waals surface area (Å²) in [4.78, 5) is 0. The summed E-state index contributed by atoms with van der Waals surface area (Å²) in [5, 5.41) is 2.85. The topological polar surface area (TPSA) is 9.86 Å². The average Bonchev–Trinajstić information content (AvgIpc) is 3.22. The van der Waals surface area contributed by atoms with E-state index in [1.807, 2.05) is 0 Å². The number of hydrogen-bond acceptors (Lipinski definition) is 0. The molecule has 2 heteroatoms. The first kappa shape index (κ1) is 15.1. The minimum Gasteiger partial charge on any atom is -0.346 e. The van der Waals surface area contributed by atoms with E-state index in [4.69, 9.17) is 0 Å². The lowest BCUT2D eigenvalue weighted by Gasteiger charge is -2.11. The zero-order valence-electron chi connectivity index (χ0n) is 15.6. The van der Waals surface area contributed by atoms with Gasteiger partial charge < -0.3 is 9.13 Å². The normalized spacial score (nSPS) is 15.4. The zero-order valence-corrected chi connectivity index (χ0v) is 15.6. The third kappa shape index (κ3) is 1.96. The second-order valence-electron chi connectivity index (χ2n) is 7.69. The Balaban J connectivity index is 1.82. The van der Waals surface area contributed by atoms with Crippen molar-refractivity contribution < 1.29 is 0 Å². The quantitative estimate of drug-likeness (QED) is 0.396. The first-order valence-corrected chi connectivity index (χ1v) is 9.90. The molecule has 6 rings (SSSR count). The maximum absolute atomic E-state index is 2.46. The highest BCUT2D eigenvalue weighted by atomic mass is 15.0. The summed E-state index contributed by atoms with van der Waals surface area (Å²) in [7, 11) is 2.25. The highest BCUT2D eigenvalue weighted by molar-refractivity contribution is 6.12. The molecule has 132 valence electrons. The van der Waals surface area contributed by atoms with Crippen molar-refractivity contribution in [3.8, 4) is 5.69 Å². The minimum absolute atomic E-state index is 1.12. The SMILES string of the molecule is Cn1c2c(c3ccc4c(c5c(n4-c4ccccc4)C=CCC5)c31)C=CCC2. The highest BCUT2D eigenvalue weighted by Gasteiger charge is 2.24. The third-order valence-electron chi connectivity index (χ3n) is 6.27. The number of allylic oxidation sites excluding steroid dienone is 2. The smallest absolute Gasteiger partial charge is 0.0584 e. The Labute approximate surface area is 159 Å². The Kier molecular flexibility index (Phi) is 3.07. The molecule has 2 aromatic carbocycles. The zero-order chi connectivity index (χ0) is 18.0. The fraction of sp³-hybridized carbons (Fsp3) is 0.200. The van der Waals surface area contributed by atoms with Crippen molar-refractivity contribution in [2.45, 2.75) is 25.7 Å². The molecule has 0 radical (unpaired) electrons. The number of rotatable bonds is 1. The van der Waals surface area contributed by atoms with Crippen molar-refractivity contribution in [3.63, 3.8) is 0 Å². The van der Waals surface area contributed by atoms with Crippen molar-refractivity contribution in [1.82, 2.24) is 9.13 Å². The van der Waals surface area contributed by atoms with Crippen molar-refractivity contribution in [3.05, 3.63) is 77.1 Å². The molecule has 0 atom stereocenters. The predicted molar refractivity (Wildman–Crippen MR) is 114 cm³/mol. The molecule has 2 aromatic heterocycles. The first-order valence-electron chi connectivity index (χ1n) is 9.90. The molecule has 2 aliphatic rings. The van der Waals surface area contributed by atoms with Crippen LogP contribution in [0, 0.1) is 0 Å². The van der Waals surface area contributed by atoms with Crippen molar-refractivity contribution in [2.75, 3.05) is 0 Å². The first-order chi connectivity index (χ1) is 13.3. The van der Waals surface area contributed by atoms with Gasteiger partial charge in [0.2, 0.25) is 0 Å². The summed E-state index contributed by atoms with van der Waals surface area (Å²) in [6, 6.07) is 15.4. The lowest BCUT2D eigenvalue weighted by Crippen LogP contribution is -2.00. The van der Waals surface area contributed by atoms with Crippen LogP contribution >= 0.6 is 0 Å². The fourth-order valence-corrected chi connectivity index (χ4v) is 5.11. The number of nitrogens with zero attached hydrogens (tertiary/aromatic N) is 2. The van der Waals surface area contributed by atoms with Gasteiger partial charge in [-0.1, -0.05) is 42.5 Å². The van der Waals surface area contributed by atoms with Crippen LogP contribution in [0.2, 0.25) is 0 Å². The Morgan fingerprint density at radius 2 is 1.67 bits per heavy atom. The number of fused-ring (bicyclic) bond motifs is 7. The van der Waals surface area contributed by atoms with Gasteiger partial charge in [-0.05, 0) is 55.5 Å². The van der Waals surface area contributed by atoms with Crippen molar-refractivity contribution in [2.24, 2.45) is 7.05 Å². The molecule has 2 nitrogen and oxygen atoms in total. The lowest BCUT2D eigenvalue weighted by molar-refractivity contribution is 0.825. The van der Waals surface area contributed by atoms with Gasteiger partial charge in [0.25, 0.3) is 0 Å². The molecule has 4 aromatic rings. The molecule has 0 aliphatic heterocycles. The molecule has 0 saturated carbocycles. The number of hydrogen-bond donors (Lipinski definition) is 0. The van der Waals surface area contributed by atoms with Crippen LogP contribution in [-0.2, 0) is 19.9 Å². The molecule has 0 bridgehead atoms. The van der Waals surface area contributed by atoms with E-state index in [0.717, 1.165) is 25.7 Å². The number of para-hydroxylation sites is 1. The van der Waals surface area contributed by atoms with Crippen LogP contribution < -0.4 is 0 Å². The van der Waals surface area contributed by atoms with E-state index in [2.05, 4.69) is 83.0 Å². The molecule has 0 N–H and O–H groups in total. The van der Waals surface area contributed by atoms with Gasteiger partial charge in [0, 0.05) is 40.5 Å². The third-order valence-corrected chi connectivity index (χ3v) is 6.27. The van der Waals surface area contributed by atoms with Crippen LogP contribution in [-0.4, -0.2) is 9.13 Å². The summed E-state index contributed by atoms with van der Waals surface area (Å²) in [6.07, 6.45) is 13.8. The fourth-order valence-electron chi connectivity index (χ4n) is 5.11. The molecule has 27 heavy (non-hydrogen) atoms. The Morgan fingerprint density at radius 1 is 0.852 bits per heavy atom. The largest absolute Gasteiger partial charge is 0.346 e. The van der Waals surface area contributed by atoms with Crippen LogP contribution in [0.3, 0.4) is 0 Å². The molecule has 2 aliphatic carbocycles. The monoisotopic (exact) mass is 350 g/mol. The summed E-state index contributed by atoms with van der Waals surface area (Å²) in [5.74, 6) is 0. The molecule has 0 spiro atoms. The van der Waals surface area contributed by atoms with Gasteiger partial charge in [-0.2, -0.15) is 0 Å². The van der Waals surface area contributed by atoms with Crippen LogP contribution in [0.25, 0.3) is 39.6 Å². The van der Waals surface area contributed by atoms with Gasteiger partial charge in [-0.25, -0.2) is 0 Å². The van der Waals surface area contributed by atoms with Crippen molar-refractivity contribution in [1.29, 1.82) is 0 Å². The molecular formula is C25H22N2. The number of benzene rings is 2. The van der Waals surface area contributed by atoms with Crippen LogP contribution in [0.5, 0.6) is 0 Å². The summed E-state index contributed by atoms with van der Waals surface area (Å²) in [5.41, 5.74) is 9.74. The molecular weight excluding hydrogens is 328 g/mol. The van der Waals surface area contributed by atoms with E-state index in [0.29, 0.717) is 0 Å². The van der Waals surface area contributed by atoms with Gasteiger partial charge in [-0.15, -0.1) is 0 Å². The van der Waals surface area contributed by atoms with Crippen LogP contribution in [0.4, 0.5) is 0 Å². The van der Waals surface area contributed by atoms with Crippen LogP contribution in [0.15, 0.2) is 54.6 Å². The molecule has 0 amide bonds.